The molecule has 0 saturated carbocycles. The summed E-state index contributed by atoms with van der Waals surface area (Å²) in [7, 11) is 3.50. The highest BCUT2D eigenvalue weighted by atomic mass is 16.6. The molecule has 2 rings (SSSR count). The second-order valence-electron chi connectivity index (χ2n) is 3.60. The van der Waals surface area contributed by atoms with Crippen LogP contribution in [0.2, 0.25) is 0 Å². The first-order valence-corrected chi connectivity index (χ1v) is 4.96. The minimum atomic E-state index is -0.465. The van der Waals surface area contributed by atoms with E-state index in [-0.39, 0.29) is 11.5 Å². The third kappa shape index (κ3) is 2.25. The van der Waals surface area contributed by atoms with Crippen molar-refractivity contribution in [1.82, 2.24) is 19.3 Å². The Balaban J connectivity index is 2.14. The maximum absolute atomic E-state index is 10.8. The summed E-state index contributed by atoms with van der Waals surface area (Å²) in [5, 5.41) is 17.6. The van der Waals surface area contributed by atoms with Crippen molar-refractivity contribution in [3.05, 3.63) is 34.5 Å². The van der Waals surface area contributed by atoms with Crippen LogP contribution in [0.15, 0.2) is 18.6 Å². The van der Waals surface area contributed by atoms with Gasteiger partial charge in [0.25, 0.3) is 0 Å². The summed E-state index contributed by atoms with van der Waals surface area (Å²) < 4.78 is 3.24. The number of nitrogens with zero attached hydrogens (tertiary/aromatic N) is 5. The van der Waals surface area contributed by atoms with E-state index in [4.69, 9.17) is 0 Å². The van der Waals surface area contributed by atoms with Crippen molar-refractivity contribution in [3.63, 3.8) is 0 Å². The highest BCUT2D eigenvalue weighted by Gasteiger charge is 2.18. The van der Waals surface area contributed by atoms with E-state index in [2.05, 4.69) is 15.4 Å². The first-order valence-electron chi connectivity index (χ1n) is 4.96. The van der Waals surface area contributed by atoms with Gasteiger partial charge in [0.2, 0.25) is 5.82 Å². The van der Waals surface area contributed by atoms with Gasteiger partial charge in [0.1, 0.15) is 12.0 Å². The second-order valence-corrected chi connectivity index (χ2v) is 3.60. The monoisotopic (exact) mass is 236 g/mol. The van der Waals surface area contributed by atoms with Gasteiger partial charge in [0, 0.05) is 26.5 Å². The number of nitro groups is 1. The van der Waals surface area contributed by atoms with Crippen molar-refractivity contribution >= 4 is 11.5 Å². The predicted molar refractivity (Wildman–Crippen MR) is 60.4 cm³/mol. The molecule has 0 aromatic carbocycles. The predicted octanol–water partition coefficient (Wildman–Crippen LogP) is 0.674. The Hall–Kier alpha value is -2.38. The summed E-state index contributed by atoms with van der Waals surface area (Å²) in [5.74, 6) is 1.03. The van der Waals surface area contributed by atoms with Crippen LogP contribution < -0.4 is 5.32 Å². The normalized spacial score (nSPS) is 10.5. The zero-order chi connectivity index (χ0) is 12.4. The average Bonchev–Trinajstić information content (AvgIpc) is 2.82. The van der Waals surface area contributed by atoms with Gasteiger partial charge < -0.3 is 9.88 Å². The van der Waals surface area contributed by atoms with Crippen molar-refractivity contribution in [2.75, 3.05) is 5.32 Å². The van der Waals surface area contributed by atoms with E-state index in [0.29, 0.717) is 6.54 Å². The maximum atomic E-state index is 10.8. The summed E-state index contributed by atoms with van der Waals surface area (Å²) >= 11 is 0. The molecule has 90 valence electrons. The lowest BCUT2D eigenvalue weighted by atomic mass is 10.5. The smallest absolute Gasteiger partial charge is 0.330 e. The largest absolute Gasteiger partial charge is 0.356 e. The standard InChI is InChI=1S/C9H12N6O2/c1-13-4-3-10-8(13)5-11-9-7(15(16)17)6-14(2)12-9/h3-4,6H,5H2,1-2H3,(H,11,12). The third-order valence-corrected chi connectivity index (χ3v) is 2.34. The summed E-state index contributed by atoms with van der Waals surface area (Å²) in [6, 6.07) is 0. The lowest BCUT2D eigenvalue weighted by molar-refractivity contribution is -0.384. The van der Waals surface area contributed by atoms with Crippen LogP contribution in [0, 0.1) is 10.1 Å². The van der Waals surface area contributed by atoms with Crippen molar-refractivity contribution in [2.45, 2.75) is 6.54 Å². The molecule has 2 heterocycles. The van der Waals surface area contributed by atoms with E-state index in [1.54, 1.807) is 13.2 Å². The van der Waals surface area contributed by atoms with E-state index >= 15 is 0 Å². The fourth-order valence-corrected chi connectivity index (χ4v) is 1.47. The molecule has 2 aromatic heterocycles. The quantitative estimate of drug-likeness (QED) is 0.622. The summed E-state index contributed by atoms with van der Waals surface area (Å²) in [4.78, 5) is 14.4. The fourth-order valence-electron chi connectivity index (χ4n) is 1.47. The molecule has 2 aromatic rings. The highest BCUT2D eigenvalue weighted by Crippen LogP contribution is 2.21. The SMILES string of the molecule is Cn1cc([N+](=O)[O-])c(NCc2nccn2C)n1. The minimum Gasteiger partial charge on any atom is -0.356 e. The summed E-state index contributed by atoms with van der Waals surface area (Å²) in [5.41, 5.74) is -0.0401. The highest BCUT2D eigenvalue weighted by molar-refractivity contribution is 5.54. The Morgan fingerprint density at radius 3 is 2.88 bits per heavy atom. The molecule has 0 atom stereocenters. The Morgan fingerprint density at radius 1 is 1.53 bits per heavy atom. The number of aryl methyl sites for hydroxylation is 2. The van der Waals surface area contributed by atoms with Crippen LogP contribution >= 0.6 is 0 Å². The van der Waals surface area contributed by atoms with Crippen LogP contribution in [0.5, 0.6) is 0 Å². The molecule has 0 saturated heterocycles. The van der Waals surface area contributed by atoms with E-state index < -0.39 is 4.92 Å². The van der Waals surface area contributed by atoms with Crippen molar-refractivity contribution in [3.8, 4) is 0 Å². The molecule has 17 heavy (non-hydrogen) atoms. The Bertz CT molecular complexity index is 543. The average molecular weight is 236 g/mol. The second kappa shape index (κ2) is 4.24. The lowest BCUT2D eigenvalue weighted by Crippen LogP contribution is -2.07. The molecule has 8 heteroatoms. The number of hydrogen-bond donors (Lipinski definition) is 1. The van der Waals surface area contributed by atoms with Crippen LogP contribution in [0.4, 0.5) is 11.5 Å². The van der Waals surface area contributed by atoms with Gasteiger partial charge in [-0.2, -0.15) is 0 Å². The maximum Gasteiger partial charge on any atom is 0.330 e. The third-order valence-electron chi connectivity index (χ3n) is 2.34. The van der Waals surface area contributed by atoms with E-state index in [0.717, 1.165) is 5.82 Å². The van der Waals surface area contributed by atoms with E-state index in [1.165, 1.54) is 10.9 Å². The summed E-state index contributed by atoms with van der Waals surface area (Å²) in [6.07, 6.45) is 4.84. The lowest BCUT2D eigenvalue weighted by Gasteiger charge is -2.02. The van der Waals surface area contributed by atoms with Crippen molar-refractivity contribution < 1.29 is 4.92 Å². The zero-order valence-corrected chi connectivity index (χ0v) is 9.49. The molecule has 0 aliphatic rings. The molecule has 8 nitrogen and oxygen atoms in total. The van der Waals surface area contributed by atoms with Crippen LogP contribution in [0.25, 0.3) is 0 Å². The van der Waals surface area contributed by atoms with Crippen LogP contribution in [-0.4, -0.2) is 24.3 Å². The molecule has 0 fully saturated rings. The number of hydrogen-bond acceptors (Lipinski definition) is 5. The van der Waals surface area contributed by atoms with Gasteiger partial charge >= 0.3 is 5.69 Å². The topological polar surface area (TPSA) is 90.8 Å². The van der Waals surface area contributed by atoms with Gasteiger partial charge in [-0.3, -0.25) is 14.8 Å². The molecule has 0 radical (unpaired) electrons. The number of aromatic nitrogens is 4. The molecule has 1 N–H and O–H groups in total. The molecular formula is C9H12N6O2. The molecule has 0 spiro atoms. The van der Waals surface area contributed by atoms with Crippen LogP contribution in [-0.2, 0) is 20.6 Å². The molecule has 0 aliphatic carbocycles. The first kappa shape index (κ1) is 11.1. The first-order chi connectivity index (χ1) is 8.08. The Morgan fingerprint density at radius 2 is 2.29 bits per heavy atom. The van der Waals surface area contributed by atoms with Crippen LogP contribution in [0.1, 0.15) is 5.82 Å². The number of anilines is 1. The van der Waals surface area contributed by atoms with E-state index in [1.807, 2.05) is 17.8 Å². The Kier molecular flexibility index (Phi) is 2.77. The molecule has 0 aliphatic heterocycles. The number of rotatable bonds is 4. The van der Waals surface area contributed by atoms with Gasteiger partial charge in [0.05, 0.1) is 11.5 Å². The molecular weight excluding hydrogens is 224 g/mol. The van der Waals surface area contributed by atoms with Crippen LogP contribution in [0.3, 0.4) is 0 Å². The van der Waals surface area contributed by atoms with Gasteiger partial charge in [-0.15, -0.1) is 5.10 Å². The van der Waals surface area contributed by atoms with Crippen molar-refractivity contribution in [2.24, 2.45) is 14.1 Å². The fraction of sp³-hybridized carbons (Fsp3) is 0.333. The Labute approximate surface area is 97.0 Å². The van der Waals surface area contributed by atoms with Gasteiger partial charge in [-0.05, 0) is 0 Å². The van der Waals surface area contributed by atoms with E-state index in [9.17, 15) is 10.1 Å². The summed E-state index contributed by atoms with van der Waals surface area (Å²) in [6.45, 7) is 0.390. The van der Waals surface area contributed by atoms with Gasteiger partial charge in [-0.1, -0.05) is 0 Å². The molecule has 0 unspecified atom stereocenters. The van der Waals surface area contributed by atoms with Gasteiger partial charge in [0.15, 0.2) is 0 Å². The number of nitrogens with one attached hydrogen (secondary N) is 1. The number of imidazole rings is 1. The molecule has 0 amide bonds. The zero-order valence-electron chi connectivity index (χ0n) is 9.49. The van der Waals surface area contributed by atoms with Crippen molar-refractivity contribution in [1.29, 1.82) is 0 Å². The molecule has 0 bridgehead atoms. The van der Waals surface area contributed by atoms with Gasteiger partial charge in [-0.25, -0.2) is 4.98 Å². The minimum absolute atomic E-state index is 0.0401.